The minimum Gasteiger partial charge on any atom is -0.392 e. The summed E-state index contributed by atoms with van der Waals surface area (Å²) in [5.41, 5.74) is 3.68. The summed E-state index contributed by atoms with van der Waals surface area (Å²) in [6, 6.07) is 8.18. The van der Waals surface area contributed by atoms with Crippen LogP contribution in [0.3, 0.4) is 0 Å². The molecule has 1 N–H and O–H groups in total. The Hall–Kier alpha value is -0.730. The summed E-state index contributed by atoms with van der Waals surface area (Å²) in [7, 11) is 0. The van der Waals surface area contributed by atoms with Gasteiger partial charge in [0.1, 0.15) is 0 Å². The van der Waals surface area contributed by atoms with E-state index < -0.39 is 0 Å². The van der Waals surface area contributed by atoms with Crippen molar-refractivity contribution in [2.75, 3.05) is 5.75 Å². The fraction of sp³-hybridized carbons (Fsp3) is 0.333. The van der Waals surface area contributed by atoms with E-state index in [4.69, 9.17) is 5.11 Å². The van der Waals surface area contributed by atoms with E-state index in [1.807, 2.05) is 23.9 Å². The monoisotopic (exact) mass is 206 g/mol. The van der Waals surface area contributed by atoms with Crippen molar-refractivity contribution in [1.82, 2.24) is 0 Å². The lowest BCUT2D eigenvalue weighted by molar-refractivity contribution is 0.282. The lowest BCUT2D eigenvalue weighted by Gasteiger charge is -2.12. The molecule has 1 aliphatic rings. The Balaban J connectivity index is 2.26. The summed E-state index contributed by atoms with van der Waals surface area (Å²) in [6.45, 7) is 0.133. The zero-order chi connectivity index (χ0) is 9.80. The molecule has 14 heavy (non-hydrogen) atoms. The van der Waals surface area contributed by atoms with Gasteiger partial charge in [0.2, 0.25) is 0 Å². The molecule has 0 saturated carbocycles. The van der Waals surface area contributed by atoms with Crippen molar-refractivity contribution >= 4 is 17.3 Å². The normalized spacial score (nSPS) is 16.5. The first kappa shape index (κ1) is 9.81. The maximum atomic E-state index is 9.04. The molecule has 0 amide bonds. The van der Waals surface area contributed by atoms with E-state index in [0.29, 0.717) is 0 Å². The van der Waals surface area contributed by atoms with Gasteiger partial charge >= 0.3 is 0 Å². The largest absolute Gasteiger partial charge is 0.392 e. The highest BCUT2D eigenvalue weighted by Gasteiger charge is 2.06. The summed E-state index contributed by atoms with van der Waals surface area (Å²) in [5.74, 6) is 1.24. The van der Waals surface area contributed by atoms with Gasteiger partial charge in [0, 0.05) is 0 Å². The van der Waals surface area contributed by atoms with Gasteiger partial charge in [-0.3, -0.25) is 0 Å². The molecular formula is C12H14OS. The summed E-state index contributed by atoms with van der Waals surface area (Å²) in [6.07, 6.45) is 2.43. The Bertz CT molecular complexity index is 344. The highest BCUT2D eigenvalue weighted by atomic mass is 32.2. The number of thioether (sulfide) groups is 1. The summed E-state index contributed by atoms with van der Waals surface area (Å²) in [5, 5.41) is 11.3. The number of hydrogen-bond acceptors (Lipinski definition) is 2. The predicted octanol–water partition coefficient (Wildman–Crippen LogP) is 3.05. The average Bonchev–Trinajstić information content (AvgIpc) is 2.30. The van der Waals surface area contributed by atoms with Gasteiger partial charge in [0.05, 0.1) is 6.61 Å². The van der Waals surface area contributed by atoms with Gasteiger partial charge in [0.15, 0.2) is 0 Å². The number of allylic oxidation sites excluding steroid dienone is 1. The molecule has 74 valence electrons. The van der Waals surface area contributed by atoms with Crippen molar-refractivity contribution in [3.05, 3.63) is 40.8 Å². The third-order valence-electron chi connectivity index (χ3n) is 2.41. The molecule has 0 fully saturated rings. The molecule has 0 bridgehead atoms. The molecule has 0 unspecified atom stereocenters. The van der Waals surface area contributed by atoms with Crippen molar-refractivity contribution in [2.24, 2.45) is 0 Å². The molecule has 0 aromatic heterocycles. The van der Waals surface area contributed by atoms with E-state index in [-0.39, 0.29) is 6.61 Å². The van der Waals surface area contributed by atoms with Crippen LogP contribution in [0.2, 0.25) is 0 Å². The van der Waals surface area contributed by atoms with Gasteiger partial charge in [-0.25, -0.2) is 0 Å². The molecule has 1 aromatic rings. The topological polar surface area (TPSA) is 20.2 Å². The molecule has 0 atom stereocenters. The van der Waals surface area contributed by atoms with Crippen LogP contribution in [0, 0.1) is 0 Å². The molecule has 1 aromatic carbocycles. The van der Waals surface area contributed by atoms with Crippen molar-refractivity contribution in [3.8, 4) is 0 Å². The molecular weight excluding hydrogens is 192 g/mol. The predicted molar refractivity (Wildman–Crippen MR) is 62.0 cm³/mol. The summed E-state index contributed by atoms with van der Waals surface area (Å²) >= 11 is 1.89. The van der Waals surface area contributed by atoms with E-state index in [1.165, 1.54) is 29.7 Å². The van der Waals surface area contributed by atoms with Gasteiger partial charge in [-0.15, -0.1) is 11.8 Å². The number of hydrogen-bond donors (Lipinski definition) is 1. The highest BCUT2D eigenvalue weighted by molar-refractivity contribution is 8.02. The maximum Gasteiger partial charge on any atom is 0.0682 e. The van der Waals surface area contributed by atoms with Crippen molar-refractivity contribution in [1.29, 1.82) is 0 Å². The molecule has 0 saturated heterocycles. The zero-order valence-corrected chi connectivity index (χ0v) is 8.89. The Morgan fingerprint density at radius 3 is 3.00 bits per heavy atom. The van der Waals surface area contributed by atoms with Gasteiger partial charge in [-0.1, -0.05) is 18.2 Å². The second-order valence-corrected chi connectivity index (χ2v) is 4.45. The van der Waals surface area contributed by atoms with Gasteiger partial charge in [-0.2, -0.15) is 0 Å². The maximum absolute atomic E-state index is 9.04. The van der Waals surface area contributed by atoms with Gasteiger partial charge < -0.3 is 5.11 Å². The van der Waals surface area contributed by atoms with Crippen LogP contribution in [0.1, 0.15) is 24.0 Å². The quantitative estimate of drug-likeness (QED) is 0.802. The van der Waals surface area contributed by atoms with Crippen LogP contribution in [-0.4, -0.2) is 10.9 Å². The lowest BCUT2D eigenvalue weighted by Crippen LogP contribution is -1.93. The minimum absolute atomic E-state index is 0.133. The van der Waals surface area contributed by atoms with E-state index in [0.717, 1.165) is 5.56 Å². The summed E-state index contributed by atoms with van der Waals surface area (Å²) < 4.78 is 0. The van der Waals surface area contributed by atoms with Crippen LogP contribution < -0.4 is 0 Å². The third kappa shape index (κ3) is 2.20. The van der Waals surface area contributed by atoms with E-state index in [9.17, 15) is 0 Å². The molecule has 0 radical (unpaired) electrons. The van der Waals surface area contributed by atoms with Crippen LogP contribution >= 0.6 is 11.8 Å². The van der Waals surface area contributed by atoms with Crippen molar-refractivity contribution < 1.29 is 5.11 Å². The fourth-order valence-electron chi connectivity index (χ4n) is 1.65. The molecule has 1 aliphatic heterocycles. The van der Waals surface area contributed by atoms with E-state index in [1.54, 1.807) is 0 Å². The first-order chi connectivity index (χ1) is 6.90. The van der Waals surface area contributed by atoms with Gasteiger partial charge in [-0.05, 0) is 46.8 Å². The van der Waals surface area contributed by atoms with Crippen LogP contribution in [0.5, 0.6) is 0 Å². The SMILES string of the molecule is OCc1cccc(C2=CSCCC2)c1. The number of aliphatic hydroxyl groups excluding tert-OH is 1. The van der Waals surface area contributed by atoms with Crippen molar-refractivity contribution in [3.63, 3.8) is 0 Å². The Morgan fingerprint density at radius 2 is 2.29 bits per heavy atom. The zero-order valence-electron chi connectivity index (χ0n) is 8.07. The number of benzene rings is 1. The van der Waals surface area contributed by atoms with Crippen LogP contribution in [0.15, 0.2) is 29.7 Å². The molecule has 1 nitrogen and oxygen atoms in total. The first-order valence-electron chi connectivity index (χ1n) is 4.91. The van der Waals surface area contributed by atoms with Gasteiger partial charge in [0.25, 0.3) is 0 Å². The lowest BCUT2D eigenvalue weighted by atomic mass is 10.0. The standard InChI is InChI=1S/C12H14OS/c13-8-10-3-1-4-11(7-10)12-5-2-6-14-9-12/h1,3-4,7,9,13H,2,5-6,8H2. The molecule has 2 rings (SSSR count). The highest BCUT2D eigenvalue weighted by Crippen LogP contribution is 2.29. The third-order valence-corrected chi connectivity index (χ3v) is 3.39. The Morgan fingerprint density at radius 1 is 1.36 bits per heavy atom. The second kappa shape index (κ2) is 4.67. The second-order valence-electron chi connectivity index (χ2n) is 3.48. The molecule has 1 heterocycles. The van der Waals surface area contributed by atoms with Crippen LogP contribution in [-0.2, 0) is 6.61 Å². The molecule has 0 spiro atoms. The van der Waals surface area contributed by atoms with E-state index >= 15 is 0 Å². The van der Waals surface area contributed by atoms with Crippen molar-refractivity contribution in [2.45, 2.75) is 19.4 Å². The fourth-order valence-corrected chi connectivity index (χ4v) is 2.53. The van der Waals surface area contributed by atoms with Crippen LogP contribution in [0.25, 0.3) is 5.57 Å². The van der Waals surface area contributed by atoms with Crippen LogP contribution in [0.4, 0.5) is 0 Å². The minimum atomic E-state index is 0.133. The summed E-state index contributed by atoms with van der Waals surface area (Å²) in [4.78, 5) is 0. The number of aliphatic hydroxyl groups is 1. The molecule has 0 aliphatic carbocycles. The first-order valence-corrected chi connectivity index (χ1v) is 5.96. The smallest absolute Gasteiger partial charge is 0.0682 e. The Kier molecular flexibility index (Phi) is 3.27. The van der Waals surface area contributed by atoms with E-state index in [2.05, 4.69) is 17.5 Å². The molecule has 2 heteroatoms. The average molecular weight is 206 g/mol. The number of rotatable bonds is 2. The Labute approximate surface area is 88.8 Å².